The SMILES string of the molecule is C[C@H](C(=O)N(Cc1cnn(C)c1)C1CC1)n1cccc1. The summed E-state index contributed by atoms with van der Waals surface area (Å²) in [5.74, 6) is 0.188. The van der Waals surface area contributed by atoms with E-state index in [-0.39, 0.29) is 11.9 Å². The van der Waals surface area contributed by atoms with Gasteiger partial charge in [0.05, 0.1) is 6.20 Å². The van der Waals surface area contributed by atoms with Crippen molar-refractivity contribution in [2.45, 2.75) is 38.4 Å². The Bertz CT molecular complexity index is 583. The summed E-state index contributed by atoms with van der Waals surface area (Å²) in [7, 11) is 1.90. The highest BCUT2D eigenvalue weighted by atomic mass is 16.2. The van der Waals surface area contributed by atoms with E-state index in [1.165, 1.54) is 0 Å². The summed E-state index contributed by atoms with van der Waals surface area (Å²) in [6.07, 6.45) is 9.93. The zero-order valence-corrected chi connectivity index (χ0v) is 11.9. The molecular formula is C15H20N4O. The third kappa shape index (κ3) is 2.61. The number of carbonyl (C=O) groups is 1. The van der Waals surface area contributed by atoms with Crippen molar-refractivity contribution in [1.82, 2.24) is 19.2 Å². The molecule has 3 rings (SSSR count). The molecule has 20 heavy (non-hydrogen) atoms. The highest BCUT2D eigenvalue weighted by Crippen LogP contribution is 2.30. The van der Waals surface area contributed by atoms with Crippen molar-refractivity contribution in [1.29, 1.82) is 0 Å². The van der Waals surface area contributed by atoms with Crippen LogP contribution in [0.1, 0.15) is 31.4 Å². The van der Waals surface area contributed by atoms with E-state index < -0.39 is 0 Å². The number of nitrogens with zero attached hydrogens (tertiary/aromatic N) is 4. The molecule has 0 spiro atoms. The molecule has 2 aromatic rings. The molecule has 5 heteroatoms. The maximum Gasteiger partial charge on any atom is 0.245 e. The van der Waals surface area contributed by atoms with Crippen LogP contribution in [-0.2, 0) is 18.4 Å². The van der Waals surface area contributed by atoms with Crippen LogP contribution in [-0.4, -0.2) is 31.2 Å². The average Bonchev–Trinajstić information content (AvgIpc) is 2.97. The Morgan fingerprint density at radius 2 is 2.15 bits per heavy atom. The van der Waals surface area contributed by atoms with Crippen LogP contribution in [0.5, 0.6) is 0 Å². The Labute approximate surface area is 118 Å². The summed E-state index contributed by atoms with van der Waals surface area (Å²) in [5.41, 5.74) is 1.09. The number of aromatic nitrogens is 3. The minimum absolute atomic E-state index is 0.151. The van der Waals surface area contributed by atoms with E-state index in [0.717, 1.165) is 18.4 Å². The minimum atomic E-state index is -0.151. The molecular weight excluding hydrogens is 252 g/mol. The fourth-order valence-corrected chi connectivity index (χ4v) is 2.50. The molecule has 1 aliphatic carbocycles. The van der Waals surface area contributed by atoms with Gasteiger partial charge < -0.3 is 9.47 Å². The van der Waals surface area contributed by atoms with E-state index in [9.17, 15) is 4.79 Å². The highest BCUT2D eigenvalue weighted by Gasteiger charge is 2.35. The molecule has 2 heterocycles. The van der Waals surface area contributed by atoms with Gasteiger partial charge in [0.15, 0.2) is 0 Å². The van der Waals surface area contributed by atoms with Crippen LogP contribution in [0.3, 0.4) is 0 Å². The van der Waals surface area contributed by atoms with Crippen LogP contribution in [0.15, 0.2) is 36.9 Å². The summed E-state index contributed by atoms with van der Waals surface area (Å²) in [5, 5.41) is 4.18. The van der Waals surface area contributed by atoms with Crippen LogP contribution < -0.4 is 0 Å². The van der Waals surface area contributed by atoms with Crippen LogP contribution in [0, 0.1) is 0 Å². The fourth-order valence-electron chi connectivity index (χ4n) is 2.50. The first-order valence-corrected chi connectivity index (χ1v) is 7.05. The normalized spacial score (nSPS) is 16.1. The molecule has 1 atom stereocenters. The van der Waals surface area contributed by atoms with Crippen molar-refractivity contribution in [3.8, 4) is 0 Å². The molecule has 1 saturated carbocycles. The molecule has 1 amide bonds. The molecule has 0 unspecified atom stereocenters. The molecule has 106 valence electrons. The lowest BCUT2D eigenvalue weighted by atomic mass is 10.2. The second-order valence-corrected chi connectivity index (χ2v) is 5.53. The zero-order valence-electron chi connectivity index (χ0n) is 11.9. The lowest BCUT2D eigenvalue weighted by molar-refractivity contribution is -0.135. The van der Waals surface area contributed by atoms with Crippen LogP contribution in [0.2, 0.25) is 0 Å². The third-order valence-corrected chi connectivity index (χ3v) is 3.81. The van der Waals surface area contributed by atoms with Crippen LogP contribution in [0.25, 0.3) is 0 Å². The lowest BCUT2D eigenvalue weighted by Crippen LogP contribution is -2.37. The molecule has 2 aromatic heterocycles. The maximum atomic E-state index is 12.7. The number of carbonyl (C=O) groups excluding carboxylic acids is 1. The van der Waals surface area contributed by atoms with Gasteiger partial charge >= 0.3 is 0 Å². The van der Waals surface area contributed by atoms with Crippen LogP contribution in [0.4, 0.5) is 0 Å². The van der Waals surface area contributed by atoms with E-state index in [1.807, 2.05) is 60.4 Å². The van der Waals surface area contributed by atoms with E-state index in [2.05, 4.69) is 5.10 Å². The molecule has 5 nitrogen and oxygen atoms in total. The summed E-state index contributed by atoms with van der Waals surface area (Å²) in [4.78, 5) is 14.7. The highest BCUT2D eigenvalue weighted by molar-refractivity contribution is 5.80. The van der Waals surface area contributed by atoms with Gasteiger partial charge in [-0.05, 0) is 31.9 Å². The number of rotatable bonds is 5. The van der Waals surface area contributed by atoms with Crippen molar-refractivity contribution in [2.24, 2.45) is 7.05 Å². The molecule has 0 N–H and O–H groups in total. The summed E-state index contributed by atoms with van der Waals surface area (Å²) in [6.45, 7) is 2.61. The Balaban J connectivity index is 1.75. The maximum absolute atomic E-state index is 12.7. The van der Waals surface area contributed by atoms with E-state index in [4.69, 9.17) is 0 Å². The first-order chi connectivity index (χ1) is 9.65. The van der Waals surface area contributed by atoms with Gasteiger partial charge in [-0.15, -0.1) is 0 Å². The van der Waals surface area contributed by atoms with Crippen molar-refractivity contribution in [3.63, 3.8) is 0 Å². The zero-order chi connectivity index (χ0) is 14.1. The predicted octanol–water partition coefficient (Wildman–Crippen LogP) is 1.97. The van der Waals surface area contributed by atoms with Gasteiger partial charge in [-0.2, -0.15) is 5.10 Å². The Hall–Kier alpha value is -2.04. The standard InChI is InChI=1S/C15H20N4O/c1-12(18-7-3-4-8-18)15(20)19(14-5-6-14)11-13-9-16-17(2)10-13/h3-4,7-10,12,14H,5-6,11H2,1-2H3/t12-/m1/s1. The molecule has 0 saturated heterocycles. The van der Waals surface area contributed by atoms with Crippen molar-refractivity contribution in [3.05, 3.63) is 42.5 Å². The third-order valence-electron chi connectivity index (χ3n) is 3.81. The number of hydrogen-bond donors (Lipinski definition) is 0. The van der Waals surface area contributed by atoms with Gasteiger partial charge in [0, 0.05) is 43.8 Å². The first-order valence-electron chi connectivity index (χ1n) is 7.05. The second-order valence-electron chi connectivity index (χ2n) is 5.53. The van der Waals surface area contributed by atoms with Crippen molar-refractivity contribution < 1.29 is 4.79 Å². The molecule has 0 radical (unpaired) electrons. The lowest BCUT2D eigenvalue weighted by Gasteiger charge is -2.26. The smallest absolute Gasteiger partial charge is 0.245 e. The Kier molecular flexibility index (Phi) is 3.34. The Morgan fingerprint density at radius 1 is 1.45 bits per heavy atom. The number of amides is 1. The largest absolute Gasteiger partial charge is 0.342 e. The van der Waals surface area contributed by atoms with Gasteiger partial charge in [-0.3, -0.25) is 9.48 Å². The van der Waals surface area contributed by atoms with E-state index in [0.29, 0.717) is 12.6 Å². The van der Waals surface area contributed by atoms with E-state index in [1.54, 1.807) is 4.68 Å². The number of aryl methyl sites for hydroxylation is 1. The molecule has 0 aliphatic heterocycles. The Morgan fingerprint density at radius 3 is 2.70 bits per heavy atom. The second kappa shape index (κ2) is 5.15. The topological polar surface area (TPSA) is 43.1 Å². The van der Waals surface area contributed by atoms with Gasteiger partial charge in [-0.25, -0.2) is 0 Å². The van der Waals surface area contributed by atoms with Crippen LogP contribution >= 0.6 is 0 Å². The molecule has 0 aromatic carbocycles. The summed E-state index contributed by atoms with van der Waals surface area (Å²) in [6, 6.07) is 4.15. The van der Waals surface area contributed by atoms with Gasteiger partial charge in [-0.1, -0.05) is 0 Å². The summed E-state index contributed by atoms with van der Waals surface area (Å²) >= 11 is 0. The molecule has 0 bridgehead atoms. The van der Waals surface area contributed by atoms with Crippen molar-refractivity contribution in [2.75, 3.05) is 0 Å². The van der Waals surface area contributed by atoms with Gasteiger partial charge in [0.25, 0.3) is 0 Å². The molecule has 1 aliphatic rings. The fraction of sp³-hybridized carbons (Fsp3) is 0.467. The predicted molar refractivity (Wildman–Crippen MR) is 75.9 cm³/mol. The monoisotopic (exact) mass is 272 g/mol. The first kappa shape index (κ1) is 13.0. The quantitative estimate of drug-likeness (QED) is 0.835. The number of hydrogen-bond acceptors (Lipinski definition) is 2. The van der Waals surface area contributed by atoms with E-state index >= 15 is 0 Å². The van der Waals surface area contributed by atoms with Gasteiger partial charge in [0.1, 0.15) is 6.04 Å². The molecule has 1 fully saturated rings. The average molecular weight is 272 g/mol. The summed E-state index contributed by atoms with van der Waals surface area (Å²) < 4.78 is 3.74. The van der Waals surface area contributed by atoms with Crippen molar-refractivity contribution >= 4 is 5.91 Å². The minimum Gasteiger partial charge on any atom is -0.342 e. The van der Waals surface area contributed by atoms with Gasteiger partial charge in [0.2, 0.25) is 5.91 Å².